The summed E-state index contributed by atoms with van der Waals surface area (Å²) in [4.78, 5) is 40.4. The molecule has 0 aliphatic rings. The summed E-state index contributed by atoms with van der Waals surface area (Å²) < 4.78 is 94.4. The van der Waals surface area contributed by atoms with Crippen LogP contribution in [-0.2, 0) is 51.0 Å². The number of methoxy groups -OCH3 is 2. The molecule has 69 heavy (non-hydrogen) atoms. The predicted octanol–water partition coefficient (Wildman–Crippen LogP) is 9.27. The topological polar surface area (TPSA) is 152 Å². The number of ether oxygens (including phenoxy) is 7. The van der Waals surface area contributed by atoms with Crippen molar-refractivity contribution < 1.29 is 70.2 Å². The van der Waals surface area contributed by atoms with Gasteiger partial charge in [0.05, 0.1) is 103 Å². The van der Waals surface area contributed by atoms with Crippen LogP contribution in [0, 0.1) is 37.1 Å². The van der Waals surface area contributed by atoms with Crippen molar-refractivity contribution in [1.82, 2.24) is 4.98 Å². The van der Waals surface area contributed by atoms with Crippen molar-refractivity contribution in [1.29, 1.82) is 0 Å². The van der Waals surface area contributed by atoms with Crippen LogP contribution in [-0.4, -0.2) is 108 Å². The Morgan fingerprint density at radius 2 is 1.16 bits per heavy atom. The second-order valence-electron chi connectivity index (χ2n) is 15.5. The first kappa shape index (κ1) is 55.3. The van der Waals surface area contributed by atoms with Crippen LogP contribution in [0.1, 0.15) is 68.1 Å². The third-order valence-electron chi connectivity index (χ3n) is 10.8. The van der Waals surface area contributed by atoms with E-state index in [2.05, 4.69) is 16.3 Å². The summed E-state index contributed by atoms with van der Waals surface area (Å²) in [5, 5.41) is 9.74. The van der Waals surface area contributed by atoms with E-state index in [0.717, 1.165) is 42.5 Å². The number of carbonyl (C=O) groups is 3. The highest BCUT2D eigenvalue weighted by molar-refractivity contribution is 6.15. The van der Waals surface area contributed by atoms with Crippen LogP contribution in [0.25, 0.3) is 16.7 Å². The van der Waals surface area contributed by atoms with E-state index < -0.39 is 47.1 Å². The number of halogens is 4. The molecule has 0 amide bonds. The SMILES string of the molecule is C=C(C(=O)OC)/C(=C(\C)C(C)O)c1c(F)ccc(F)c1C.COC(=O)c1c[nH]c(C(=O)c2ccc(CCOCCOCCOCCOCCOCc3ccccc3)cc2)c1-c1c(F)ccc(F)c1C. The molecule has 5 aromatic rings. The monoisotopic (exact) mass is 961 g/mol. The summed E-state index contributed by atoms with van der Waals surface area (Å²) >= 11 is 0. The van der Waals surface area contributed by atoms with Crippen LogP contribution >= 0.6 is 0 Å². The Hall–Kier alpha value is -6.27. The van der Waals surface area contributed by atoms with Crippen molar-refractivity contribution in [3.05, 3.63) is 171 Å². The minimum atomic E-state index is -0.955. The van der Waals surface area contributed by atoms with Crippen LogP contribution in [0.15, 0.2) is 103 Å². The van der Waals surface area contributed by atoms with Gasteiger partial charge in [-0.3, -0.25) is 4.79 Å². The normalized spacial score (nSPS) is 11.9. The lowest BCUT2D eigenvalue weighted by Crippen LogP contribution is -2.13. The van der Waals surface area contributed by atoms with Crippen LogP contribution in [0.3, 0.4) is 0 Å². The van der Waals surface area contributed by atoms with E-state index in [0.29, 0.717) is 83.6 Å². The fourth-order valence-corrected chi connectivity index (χ4v) is 6.87. The summed E-state index contributed by atoms with van der Waals surface area (Å²) in [6.07, 6.45) is 0.925. The van der Waals surface area contributed by atoms with Crippen molar-refractivity contribution in [3.8, 4) is 11.1 Å². The lowest BCUT2D eigenvalue weighted by atomic mass is 9.89. The molecule has 0 saturated heterocycles. The number of aromatic nitrogens is 1. The van der Waals surface area contributed by atoms with Crippen molar-refractivity contribution in [2.24, 2.45) is 0 Å². The Balaban J connectivity index is 0.000000413. The maximum Gasteiger partial charge on any atom is 0.340 e. The number of ketones is 1. The molecule has 0 fully saturated rings. The van der Waals surface area contributed by atoms with Gasteiger partial charge < -0.3 is 43.2 Å². The average molecular weight is 962 g/mol. The second-order valence-corrected chi connectivity index (χ2v) is 15.5. The molecular weight excluding hydrogens is 903 g/mol. The van der Waals surface area contributed by atoms with Crippen molar-refractivity contribution in [2.45, 2.75) is 46.8 Å². The van der Waals surface area contributed by atoms with Gasteiger partial charge in [0.2, 0.25) is 5.78 Å². The highest BCUT2D eigenvalue weighted by atomic mass is 19.1. The van der Waals surface area contributed by atoms with Gasteiger partial charge in [0.1, 0.15) is 23.3 Å². The number of carbonyl (C=O) groups excluding carboxylic acids is 3. The number of benzene rings is 4. The predicted molar refractivity (Wildman–Crippen MR) is 252 cm³/mol. The van der Waals surface area contributed by atoms with E-state index in [1.807, 2.05) is 30.3 Å². The van der Waals surface area contributed by atoms with E-state index in [9.17, 15) is 37.1 Å². The second kappa shape index (κ2) is 28.3. The first-order chi connectivity index (χ1) is 33.1. The van der Waals surface area contributed by atoms with E-state index in [4.69, 9.17) is 28.4 Å². The number of H-pyrrole nitrogens is 1. The first-order valence-electron chi connectivity index (χ1n) is 22.0. The standard InChI is InChI=1S/C37H41F2NO8.C16H18F2O3/c1-26-31(38)12-13-32(39)33(26)34-30(37(42)43-2)24-40-35(34)36(41)29-10-8-27(9-11-29)14-15-44-16-17-45-18-19-46-20-21-47-22-23-48-25-28-6-4-3-5-7-28;1-8(11(4)19)14(10(3)16(20)21-5)15-9(2)12(17)6-7-13(15)18/h3-13,24,40H,14-23,25H2,1-2H3;6-7,11,19H,3H2,1-2,4-5H3/b;14-8-. The minimum absolute atomic E-state index is 0.0269. The molecule has 0 aliphatic heterocycles. The molecule has 5 rings (SSSR count). The number of hydrogen-bond donors (Lipinski definition) is 2. The van der Waals surface area contributed by atoms with Gasteiger partial charge in [-0.1, -0.05) is 61.2 Å². The number of aliphatic hydroxyl groups excluding tert-OH is 1. The van der Waals surface area contributed by atoms with E-state index in [1.165, 1.54) is 41.0 Å². The summed E-state index contributed by atoms with van der Waals surface area (Å²) in [7, 11) is 2.34. The van der Waals surface area contributed by atoms with Gasteiger partial charge in [-0.25, -0.2) is 27.2 Å². The Morgan fingerprint density at radius 1 is 0.638 bits per heavy atom. The molecule has 0 aliphatic carbocycles. The molecule has 1 aromatic heterocycles. The highest BCUT2D eigenvalue weighted by Gasteiger charge is 2.29. The maximum atomic E-state index is 14.9. The van der Waals surface area contributed by atoms with Crippen LogP contribution in [0.4, 0.5) is 17.6 Å². The average Bonchev–Trinajstić information content (AvgIpc) is 3.79. The molecule has 370 valence electrons. The number of rotatable bonds is 25. The van der Waals surface area contributed by atoms with Crippen molar-refractivity contribution >= 4 is 23.3 Å². The van der Waals surface area contributed by atoms with E-state index in [1.54, 1.807) is 24.3 Å². The molecule has 0 saturated carbocycles. The molecule has 0 radical (unpaired) electrons. The Kier molecular flexibility index (Phi) is 22.7. The number of hydrogen-bond acceptors (Lipinski definition) is 11. The minimum Gasteiger partial charge on any atom is -0.465 e. The van der Waals surface area contributed by atoms with E-state index in [-0.39, 0.29) is 50.2 Å². The van der Waals surface area contributed by atoms with E-state index >= 15 is 0 Å². The zero-order valence-electron chi connectivity index (χ0n) is 39.7. The molecule has 4 aromatic carbocycles. The molecule has 0 spiro atoms. The highest BCUT2D eigenvalue weighted by Crippen LogP contribution is 2.36. The third kappa shape index (κ3) is 15.9. The summed E-state index contributed by atoms with van der Waals surface area (Å²) in [6.45, 7) is 14.2. The molecule has 2 N–H and O–H groups in total. The van der Waals surface area contributed by atoms with Gasteiger partial charge in [0.15, 0.2) is 0 Å². The van der Waals surface area contributed by atoms with Gasteiger partial charge >= 0.3 is 11.9 Å². The van der Waals surface area contributed by atoms with Gasteiger partial charge in [0.25, 0.3) is 0 Å². The largest absolute Gasteiger partial charge is 0.465 e. The zero-order valence-corrected chi connectivity index (χ0v) is 39.7. The smallest absolute Gasteiger partial charge is 0.340 e. The van der Waals surface area contributed by atoms with Crippen LogP contribution < -0.4 is 0 Å². The molecule has 12 nitrogen and oxygen atoms in total. The van der Waals surface area contributed by atoms with Gasteiger partial charge in [-0.2, -0.15) is 0 Å². The zero-order chi connectivity index (χ0) is 50.5. The fraction of sp³-hybridized carbons (Fsp3) is 0.340. The lowest BCUT2D eigenvalue weighted by molar-refractivity contribution is -0.135. The van der Waals surface area contributed by atoms with Crippen molar-refractivity contribution in [2.75, 3.05) is 73.7 Å². The summed E-state index contributed by atoms with van der Waals surface area (Å²) in [6, 6.07) is 20.8. The maximum absolute atomic E-state index is 14.9. The number of esters is 2. The Labute approximate surface area is 399 Å². The molecule has 0 bridgehead atoms. The van der Waals surface area contributed by atoms with Crippen LogP contribution in [0.2, 0.25) is 0 Å². The van der Waals surface area contributed by atoms with Gasteiger partial charge in [-0.15, -0.1) is 0 Å². The number of aromatic amines is 1. The molecule has 16 heteroatoms. The quantitative estimate of drug-likeness (QED) is 0.0144. The number of nitrogens with one attached hydrogen (secondary N) is 1. The lowest BCUT2D eigenvalue weighted by Gasteiger charge is -2.18. The van der Waals surface area contributed by atoms with Gasteiger partial charge in [0, 0.05) is 34.0 Å². The fourth-order valence-electron chi connectivity index (χ4n) is 6.87. The first-order valence-corrected chi connectivity index (χ1v) is 22.0. The number of aliphatic hydroxyl groups is 1. The Bertz CT molecular complexity index is 2520. The summed E-state index contributed by atoms with van der Waals surface area (Å²) in [5.41, 5.74) is 2.20. The van der Waals surface area contributed by atoms with Crippen molar-refractivity contribution in [3.63, 3.8) is 0 Å². The molecule has 1 atom stereocenters. The summed E-state index contributed by atoms with van der Waals surface area (Å²) in [5.74, 6) is -4.77. The van der Waals surface area contributed by atoms with Gasteiger partial charge in [-0.05, 0) is 86.2 Å². The Morgan fingerprint density at radius 3 is 1.71 bits per heavy atom. The molecule has 1 unspecified atom stereocenters. The third-order valence-corrected chi connectivity index (χ3v) is 10.8. The molecular formula is C53H59F4NO11. The molecule has 1 heterocycles. The van der Waals surface area contributed by atoms with Crippen LogP contribution in [0.5, 0.6) is 0 Å².